The molecule has 1 aromatic carbocycles. The molecule has 0 aliphatic rings. The summed E-state index contributed by atoms with van der Waals surface area (Å²) in [5, 5.41) is 0. The van der Waals surface area contributed by atoms with Gasteiger partial charge in [-0.1, -0.05) is 6.92 Å². The second-order valence-electron chi connectivity index (χ2n) is 3.07. The number of benzene rings is 1. The summed E-state index contributed by atoms with van der Waals surface area (Å²) in [5.74, 6) is 0. The molecule has 13 heavy (non-hydrogen) atoms. The minimum absolute atomic E-state index is 0.0887. The fourth-order valence-electron chi connectivity index (χ4n) is 1.43. The maximum absolute atomic E-state index is 5.67. The van der Waals surface area contributed by atoms with Gasteiger partial charge >= 0.3 is 0 Å². The van der Waals surface area contributed by atoms with Crippen LogP contribution < -0.4 is 11.5 Å². The van der Waals surface area contributed by atoms with Gasteiger partial charge in [-0.05, 0) is 30.2 Å². The van der Waals surface area contributed by atoms with Crippen LogP contribution in [0.2, 0.25) is 0 Å². The van der Waals surface area contributed by atoms with Crippen molar-refractivity contribution in [3.63, 3.8) is 0 Å². The van der Waals surface area contributed by atoms with E-state index < -0.39 is 0 Å². The molecule has 72 valence electrons. The van der Waals surface area contributed by atoms with E-state index in [0.717, 1.165) is 12.0 Å². The van der Waals surface area contributed by atoms with Crippen LogP contribution in [-0.4, -0.2) is 7.11 Å². The molecule has 0 saturated heterocycles. The number of methoxy groups -OCH3 is 1. The topological polar surface area (TPSA) is 61.3 Å². The molecular formula is C10H16N2O. The first-order valence-corrected chi connectivity index (χ1v) is 4.36. The molecule has 3 heteroatoms. The molecule has 0 aliphatic carbocycles. The third kappa shape index (κ3) is 2.36. The zero-order valence-electron chi connectivity index (χ0n) is 8.08. The molecule has 4 N–H and O–H groups in total. The maximum Gasteiger partial charge on any atom is 0.0820 e. The smallest absolute Gasteiger partial charge is 0.0820 e. The van der Waals surface area contributed by atoms with Crippen LogP contribution in [0.3, 0.4) is 0 Å². The maximum atomic E-state index is 5.67. The normalized spacial score (nSPS) is 12.8. The molecule has 0 amide bonds. The number of anilines is 2. The van der Waals surface area contributed by atoms with Crippen LogP contribution >= 0.6 is 0 Å². The van der Waals surface area contributed by atoms with E-state index in [1.807, 2.05) is 12.1 Å². The van der Waals surface area contributed by atoms with Crippen molar-refractivity contribution >= 4 is 11.4 Å². The number of nitrogen functional groups attached to an aromatic ring is 2. The number of hydrogen-bond donors (Lipinski definition) is 2. The highest BCUT2D eigenvalue weighted by molar-refractivity contribution is 5.54. The van der Waals surface area contributed by atoms with Crippen molar-refractivity contribution in [2.45, 2.75) is 19.4 Å². The van der Waals surface area contributed by atoms with Crippen LogP contribution in [0.25, 0.3) is 0 Å². The molecule has 0 heterocycles. The molecule has 0 aromatic heterocycles. The Morgan fingerprint density at radius 2 is 1.77 bits per heavy atom. The fraction of sp³-hybridized carbons (Fsp3) is 0.400. The van der Waals surface area contributed by atoms with Gasteiger partial charge in [-0.25, -0.2) is 0 Å². The molecular weight excluding hydrogens is 164 g/mol. The summed E-state index contributed by atoms with van der Waals surface area (Å²) >= 11 is 0. The van der Waals surface area contributed by atoms with Crippen LogP contribution in [-0.2, 0) is 4.74 Å². The molecule has 0 radical (unpaired) electrons. The Kier molecular flexibility index (Phi) is 3.14. The summed E-state index contributed by atoms with van der Waals surface area (Å²) in [5.41, 5.74) is 13.8. The molecule has 1 aromatic rings. The van der Waals surface area contributed by atoms with Crippen molar-refractivity contribution in [3.05, 3.63) is 23.8 Å². The highest BCUT2D eigenvalue weighted by Gasteiger charge is 2.08. The van der Waals surface area contributed by atoms with Crippen LogP contribution in [0.4, 0.5) is 11.4 Å². The molecule has 3 nitrogen and oxygen atoms in total. The summed E-state index contributed by atoms with van der Waals surface area (Å²) in [6.07, 6.45) is 1.00. The Morgan fingerprint density at radius 3 is 2.15 bits per heavy atom. The number of rotatable bonds is 3. The molecule has 0 bridgehead atoms. The molecule has 1 rings (SSSR count). The van der Waals surface area contributed by atoms with Gasteiger partial charge < -0.3 is 16.2 Å². The van der Waals surface area contributed by atoms with Crippen LogP contribution in [0.5, 0.6) is 0 Å². The van der Waals surface area contributed by atoms with Crippen LogP contribution in [0.1, 0.15) is 25.0 Å². The van der Waals surface area contributed by atoms with E-state index >= 15 is 0 Å². The van der Waals surface area contributed by atoms with Crippen molar-refractivity contribution < 1.29 is 4.74 Å². The Labute approximate surface area is 78.7 Å². The van der Waals surface area contributed by atoms with Gasteiger partial charge in [0.1, 0.15) is 0 Å². The van der Waals surface area contributed by atoms with Crippen molar-refractivity contribution in [3.8, 4) is 0 Å². The Balaban J connectivity index is 2.99. The lowest BCUT2D eigenvalue weighted by Gasteiger charge is -2.14. The van der Waals surface area contributed by atoms with Crippen molar-refractivity contribution in [1.29, 1.82) is 0 Å². The first kappa shape index (κ1) is 9.86. The molecule has 1 unspecified atom stereocenters. The number of nitrogens with two attached hydrogens (primary N) is 2. The van der Waals surface area contributed by atoms with E-state index in [0.29, 0.717) is 11.4 Å². The SMILES string of the molecule is CCC(OC)c1cc(N)cc(N)c1. The fourth-order valence-corrected chi connectivity index (χ4v) is 1.43. The second-order valence-corrected chi connectivity index (χ2v) is 3.07. The zero-order chi connectivity index (χ0) is 9.84. The van der Waals surface area contributed by atoms with E-state index in [1.165, 1.54) is 0 Å². The van der Waals surface area contributed by atoms with Gasteiger partial charge in [0, 0.05) is 18.5 Å². The monoisotopic (exact) mass is 180 g/mol. The van der Waals surface area contributed by atoms with Gasteiger partial charge in [0.2, 0.25) is 0 Å². The summed E-state index contributed by atoms with van der Waals surface area (Å²) in [7, 11) is 1.69. The van der Waals surface area contributed by atoms with E-state index in [-0.39, 0.29) is 6.10 Å². The Morgan fingerprint density at radius 1 is 1.23 bits per heavy atom. The predicted molar refractivity (Wildman–Crippen MR) is 55.3 cm³/mol. The van der Waals surface area contributed by atoms with Gasteiger partial charge in [0.05, 0.1) is 6.10 Å². The van der Waals surface area contributed by atoms with Gasteiger partial charge in [0.15, 0.2) is 0 Å². The third-order valence-corrected chi connectivity index (χ3v) is 2.03. The minimum Gasteiger partial charge on any atom is -0.399 e. The van der Waals surface area contributed by atoms with Crippen molar-refractivity contribution in [2.75, 3.05) is 18.6 Å². The third-order valence-electron chi connectivity index (χ3n) is 2.03. The lowest BCUT2D eigenvalue weighted by Crippen LogP contribution is -2.02. The van der Waals surface area contributed by atoms with Gasteiger partial charge in [-0.3, -0.25) is 0 Å². The summed E-state index contributed by atoms with van der Waals surface area (Å²) in [6.45, 7) is 2.06. The lowest BCUT2D eigenvalue weighted by atomic mass is 10.1. The Bertz CT molecular complexity index is 262. The molecule has 0 aliphatic heterocycles. The lowest BCUT2D eigenvalue weighted by molar-refractivity contribution is 0.100. The minimum atomic E-state index is 0.0887. The average molecular weight is 180 g/mol. The van der Waals surface area contributed by atoms with Crippen LogP contribution in [0.15, 0.2) is 18.2 Å². The summed E-state index contributed by atoms with van der Waals surface area (Å²) < 4.78 is 5.28. The van der Waals surface area contributed by atoms with Crippen molar-refractivity contribution in [2.24, 2.45) is 0 Å². The average Bonchev–Trinajstić information content (AvgIpc) is 2.04. The highest BCUT2D eigenvalue weighted by atomic mass is 16.5. The molecule has 0 saturated carbocycles. The van der Waals surface area contributed by atoms with Crippen LogP contribution in [0, 0.1) is 0 Å². The second kappa shape index (κ2) is 4.14. The molecule has 0 spiro atoms. The molecule has 0 fully saturated rings. The van der Waals surface area contributed by atoms with Gasteiger partial charge in [-0.2, -0.15) is 0 Å². The Hall–Kier alpha value is -1.22. The number of hydrogen-bond acceptors (Lipinski definition) is 3. The van der Waals surface area contributed by atoms with E-state index in [1.54, 1.807) is 13.2 Å². The van der Waals surface area contributed by atoms with Gasteiger partial charge in [-0.15, -0.1) is 0 Å². The highest BCUT2D eigenvalue weighted by Crippen LogP contribution is 2.24. The van der Waals surface area contributed by atoms with Crippen molar-refractivity contribution in [1.82, 2.24) is 0 Å². The largest absolute Gasteiger partial charge is 0.399 e. The standard InChI is InChI=1S/C10H16N2O/c1-3-10(13-2)7-4-8(11)6-9(12)5-7/h4-6,10H,3,11-12H2,1-2H3. The molecule has 1 atom stereocenters. The van der Waals surface area contributed by atoms with E-state index in [4.69, 9.17) is 16.2 Å². The zero-order valence-corrected chi connectivity index (χ0v) is 8.08. The quantitative estimate of drug-likeness (QED) is 0.699. The van der Waals surface area contributed by atoms with E-state index in [9.17, 15) is 0 Å². The summed E-state index contributed by atoms with van der Waals surface area (Å²) in [4.78, 5) is 0. The summed E-state index contributed by atoms with van der Waals surface area (Å²) in [6, 6.07) is 5.54. The van der Waals surface area contributed by atoms with Gasteiger partial charge in [0.25, 0.3) is 0 Å². The van der Waals surface area contributed by atoms with E-state index in [2.05, 4.69) is 6.92 Å². The first-order valence-electron chi connectivity index (χ1n) is 4.36. The first-order chi connectivity index (χ1) is 6.17. The number of ether oxygens (including phenoxy) is 1. The predicted octanol–water partition coefficient (Wildman–Crippen LogP) is 1.95.